The van der Waals surface area contributed by atoms with Crippen LogP contribution >= 0.6 is 0 Å². The lowest BCUT2D eigenvalue weighted by atomic mass is 10.1. The minimum Gasteiger partial charge on any atom is -0.305 e. The maximum atomic E-state index is 3.90. The second-order valence-electron chi connectivity index (χ2n) is 3.36. The van der Waals surface area contributed by atoms with Crippen molar-refractivity contribution in [2.75, 3.05) is 0 Å². The van der Waals surface area contributed by atoms with Crippen LogP contribution in [0.4, 0.5) is 0 Å². The van der Waals surface area contributed by atoms with Gasteiger partial charge in [-0.1, -0.05) is 31.2 Å². The van der Waals surface area contributed by atoms with Crippen LogP contribution in [0, 0.1) is 0 Å². The van der Waals surface area contributed by atoms with Gasteiger partial charge in [0.15, 0.2) is 0 Å². The molecule has 0 heterocycles. The van der Waals surface area contributed by atoms with Crippen LogP contribution in [-0.2, 0) is 0 Å². The molecule has 0 aromatic rings. The number of allylic oxidation sites excluding steroid dienone is 1. The molecule has 0 bridgehead atoms. The second kappa shape index (κ2) is 6.01. The molecule has 0 aliphatic rings. The van der Waals surface area contributed by atoms with Crippen molar-refractivity contribution in [3.05, 3.63) is 24.3 Å². The SMILES string of the molecule is C=C(C)C(C)NC(C)/C=C/CC. The van der Waals surface area contributed by atoms with E-state index in [0.29, 0.717) is 12.1 Å². The summed E-state index contributed by atoms with van der Waals surface area (Å²) in [5.41, 5.74) is 1.19. The Bertz CT molecular complexity index is 158. The smallest absolute Gasteiger partial charge is 0.0251 e. The van der Waals surface area contributed by atoms with Crippen molar-refractivity contribution in [2.24, 2.45) is 0 Å². The van der Waals surface area contributed by atoms with E-state index in [0.717, 1.165) is 6.42 Å². The summed E-state index contributed by atoms with van der Waals surface area (Å²) in [6.45, 7) is 12.4. The highest BCUT2D eigenvalue weighted by molar-refractivity contribution is 5.02. The molecule has 0 fully saturated rings. The fraction of sp³-hybridized carbons (Fsp3) is 0.636. The number of nitrogens with one attached hydrogen (secondary N) is 1. The minimum absolute atomic E-state index is 0.404. The van der Waals surface area contributed by atoms with Crippen molar-refractivity contribution < 1.29 is 0 Å². The average Bonchev–Trinajstić information content (AvgIpc) is 2.00. The molecule has 0 rings (SSSR count). The van der Waals surface area contributed by atoms with Gasteiger partial charge in [-0.25, -0.2) is 0 Å². The number of rotatable bonds is 5. The van der Waals surface area contributed by atoms with E-state index in [1.54, 1.807) is 0 Å². The Kier molecular flexibility index (Phi) is 5.73. The van der Waals surface area contributed by atoms with Gasteiger partial charge in [-0.15, -0.1) is 0 Å². The summed E-state index contributed by atoms with van der Waals surface area (Å²) in [5, 5.41) is 3.43. The Morgan fingerprint density at radius 2 is 2.08 bits per heavy atom. The molecule has 70 valence electrons. The Balaban J connectivity index is 3.75. The van der Waals surface area contributed by atoms with Gasteiger partial charge in [-0.2, -0.15) is 0 Å². The second-order valence-corrected chi connectivity index (χ2v) is 3.36. The van der Waals surface area contributed by atoms with E-state index in [2.05, 4.69) is 44.8 Å². The Labute approximate surface area is 76.6 Å². The van der Waals surface area contributed by atoms with Crippen LogP contribution in [0.5, 0.6) is 0 Å². The first-order valence-electron chi connectivity index (χ1n) is 4.66. The summed E-state index contributed by atoms with van der Waals surface area (Å²) in [7, 11) is 0. The molecule has 0 aliphatic heterocycles. The van der Waals surface area contributed by atoms with Crippen molar-refractivity contribution >= 4 is 0 Å². The first-order valence-corrected chi connectivity index (χ1v) is 4.66. The fourth-order valence-corrected chi connectivity index (χ4v) is 0.932. The predicted octanol–water partition coefficient (Wildman–Crippen LogP) is 2.90. The van der Waals surface area contributed by atoms with Gasteiger partial charge in [-0.3, -0.25) is 0 Å². The van der Waals surface area contributed by atoms with E-state index in [1.165, 1.54) is 5.57 Å². The number of hydrogen-bond acceptors (Lipinski definition) is 1. The fourth-order valence-electron chi connectivity index (χ4n) is 0.932. The molecule has 0 aromatic heterocycles. The molecule has 2 atom stereocenters. The van der Waals surface area contributed by atoms with Crippen LogP contribution in [0.3, 0.4) is 0 Å². The summed E-state index contributed by atoms with van der Waals surface area (Å²) in [4.78, 5) is 0. The van der Waals surface area contributed by atoms with Crippen molar-refractivity contribution in [3.63, 3.8) is 0 Å². The third kappa shape index (κ3) is 5.14. The number of hydrogen-bond donors (Lipinski definition) is 1. The first-order chi connectivity index (χ1) is 5.57. The Morgan fingerprint density at radius 3 is 2.50 bits per heavy atom. The molecule has 1 heteroatoms. The zero-order chi connectivity index (χ0) is 9.56. The van der Waals surface area contributed by atoms with Crippen molar-refractivity contribution in [1.29, 1.82) is 0 Å². The van der Waals surface area contributed by atoms with Crippen molar-refractivity contribution in [2.45, 2.75) is 46.2 Å². The van der Waals surface area contributed by atoms with Gasteiger partial charge in [0.05, 0.1) is 0 Å². The van der Waals surface area contributed by atoms with E-state index in [1.807, 2.05) is 6.92 Å². The van der Waals surface area contributed by atoms with Crippen LogP contribution in [0.2, 0.25) is 0 Å². The van der Waals surface area contributed by atoms with Gasteiger partial charge < -0.3 is 5.32 Å². The molecule has 0 spiro atoms. The highest BCUT2D eigenvalue weighted by atomic mass is 14.9. The van der Waals surface area contributed by atoms with Crippen molar-refractivity contribution in [3.8, 4) is 0 Å². The Morgan fingerprint density at radius 1 is 1.50 bits per heavy atom. The molecule has 12 heavy (non-hydrogen) atoms. The molecular formula is C11H21N. The Hall–Kier alpha value is -0.560. The molecule has 0 aliphatic carbocycles. The average molecular weight is 167 g/mol. The monoisotopic (exact) mass is 167 g/mol. The van der Waals surface area contributed by atoms with Gasteiger partial charge in [0.2, 0.25) is 0 Å². The van der Waals surface area contributed by atoms with Crippen LogP contribution in [-0.4, -0.2) is 12.1 Å². The highest BCUT2D eigenvalue weighted by Crippen LogP contribution is 1.98. The topological polar surface area (TPSA) is 12.0 Å². The molecule has 1 nitrogen and oxygen atoms in total. The zero-order valence-electron chi connectivity index (χ0n) is 8.72. The molecular weight excluding hydrogens is 146 g/mol. The molecule has 0 radical (unpaired) electrons. The van der Waals surface area contributed by atoms with Crippen LogP contribution in [0.15, 0.2) is 24.3 Å². The molecule has 0 saturated heterocycles. The van der Waals surface area contributed by atoms with E-state index >= 15 is 0 Å². The lowest BCUT2D eigenvalue weighted by molar-refractivity contribution is 0.566. The third-order valence-corrected chi connectivity index (χ3v) is 1.91. The van der Waals surface area contributed by atoms with Gasteiger partial charge in [-0.05, 0) is 27.2 Å². The quantitative estimate of drug-likeness (QED) is 0.621. The molecule has 0 saturated carbocycles. The summed E-state index contributed by atoms with van der Waals surface area (Å²) in [5.74, 6) is 0. The van der Waals surface area contributed by atoms with Gasteiger partial charge in [0, 0.05) is 12.1 Å². The standard InChI is InChI=1S/C11H21N/c1-6-7-8-10(4)12-11(5)9(2)3/h7-8,10-12H,2,6H2,1,3-5H3/b8-7+. The van der Waals surface area contributed by atoms with Crippen LogP contribution in [0.1, 0.15) is 34.1 Å². The van der Waals surface area contributed by atoms with Gasteiger partial charge >= 0.3 is 0 Å². The molecule has 0 aromatic carbocycles. The predicted molar refractivity (Wildman–Crippen MR) is 56.3 cm³/mol. The zero-order valence-corrected chi connectivity index (χ0v) is 8.72. The van der Waals surface area contributed by atoms with Crippen molar-refractivity contribution in [1.82, 2.24) is 5.32 Å². The molecule has 2 unspecified atom stereocenters. The van der Waals surface area contributed by atoms with Crippen LogP contribution in [0.25, 0.3) is 0 Å². The van der Waals surface area contributed by atoms with Crippen LogP contribution < -0.4 is 5.32 Å². The first kappa shape index (κ1) is 11.4. The third-order valence-electron chi connectivity index (χ3n) is 1.91. The molecule has 0 amide bonds. The lowest BCUT2D eigenvalue weighted by Gasteiger charge is -2.17. The molecule has 1 N–H and O–H groups in total. The van der Waals surface area contributed by atoms with Gasteiger partial charge in [0.1, 0.15) is 0 Å². The van der Waals surface area contributed by atoms with Gasteiger partial charge in [0.25, 0.3) is 0 Å². The van der Waals surface area contributed by atoms with E-state index in [-0.39, 0.29) is 0 Å². The minimum atomic E-state index is 0.404. The normalized spacial score (nSPS) is 16.3. The van der Waals surface area contributed by atoms with E-state index < -0.39 is 0 Å². The largest absolute Gasteiger partial charge is 0.305 e. The van der Waals surface area contributed by atoms with E-state index in [4.69, 9.17) is 0 Å². The highest BCUT2D eigenvalue weighted by Gasteiger charge is 2.03. The maximum absolute atomic E-state index is 3.90. The summed E-state index contributed by atoms with van der Waals surface area (Å²) >= 11 is 0. The summed E-state index contributed by atoms with van der Waals surface area (Å²) < 4.78 is 0. The summed E-state index contributed by atoms with van der Waals surface area (Å²) in [6.07, 6.45) is 5.48. The van der Waals surface area contributed by atoms with E-state index in [9.17, 15) is 0 Å². The lowest BCUT2D eigenvalue weighted by Crippen LogP contribution is -2.33. The maximum Gasteiger partial charge on any atom is 0.0251 e. The summed E-state index contributed by atoms with van der Waals surface area (Å²) in [6, 6.07) is 0.846.